The zero-order valence-corrected chi connectivity index (χ0v) is 15.3. The van der Waals surface area contributed by atoms with Crippen LogP contribution in [0.4, 0.5) is 0 Å². The monoisotopic (exact) mass is 336 g/mol. The van der Waals surface area contributed by atoms with Crippen molar-refractivity contribution < 1.29 is 9.76 Å². The standard InChI is InChI=1S/C20H25BN2O2/c1-19(2,24)20(3,4)25-21-18-10-15(13-23)9-17(11-18)16-7-5-14(12-22)6-8-16/h5-11,21,24H,12,22H2,1-4H3. The van der Waals surface area contributed by atoms with Crippen LogP contribution in [-0.4, -0.2) is 23.8 Å². The fraction of sp³-hybridized carbons (Fsp3) is 0.350. The Bertz CT molecular complexity index is 772. The molecule has 0 unspecified atom stereocenters. The number of aliphatic hydroxyl groups is 1. The summed E-state index contributed by atoms with van der Waals surface area (Å²) in [6.07, 6.45) is 0. The maximum atomic E-state index is 10.2. The van der Waals surface area contributed by atoms with E-state index in [-0.39, 0.29) is 0 Å². The van der Waals surface area contributed by atoms with Crippen molar-refractivity contribution in [1.82, 2.24) is 0 Å². The summed E-state index contributed by atoms with van der Waals surface area (Å²) < 4.78 is 5.93. The third kappa shape index (κ3) is 4.70. The van der Waals surface area contributed by atoms with Crippen molar-refractivity contribution in [2.24, 2.45) is 5.73 Å². The van der Waals surface area contributed by atoms with E-state index in [2.05, 4.69) is 6.07 Å². The van der Waals surface area contributed by atoms with Gasteiger partial charge in [-0.1, -0.05) is 35.8 Å². The van der Waals surface area contributed by atoms with Crippen LogP contribution in [-0.2, 0) is 11.2 Å². The number of hydrogen-bond donors (Lipinski definition) is 2. The van der Waals surface area contributed by atoms with E-state index in [0.29, 0.717) is 19.6 Å². The van der Waals surface area contributed by atoms with Crippen LogP contribution in [0.15, 0.2) is 42.5 Å². The molecule has 0 radical (unpaired) electrons. The number of nitrogens with two attached hydrogens (primary N) is 1. The van der Waals surface area contributed by atoms with Crippen molar-refractivity contribution in [2.45, 2.75) is 45.4 Å². The molecule has 130 valence electrons. The van der Waals surface area contributed by atoms with Gasteiger partial charge in [0, 0.05) is 6.54 Å². The summed E-state index contributed by atoms with van der Waals surface area (Å²) in [6.45, 7) is 7.66. The third-order valence-electron chi connectivity index (χ3n) is 4.72. The van der Waals surface area contributed by atoms with Crippen LogP contribution in [0.25, 0.3) is 11.1 Å². The smallest absolute Gasteiger partial charge is 0.309 e. The maximum Gasteiger partial charge on any atom is 0.309 e. The first kappa shape index (κ1) is 19.2. The highest BCUT2D eigenvalue weighted by Gasteiger charge is 2.35. The first-order valence-electron chi connectivity index (χ1n) is 8.36. The normalized spacial score (nSPS) is 11.9. The van der Waals surface area contributed by atoms with Crippen LogP contribution in [0.1, 0.15) is 38.8 Å². The summed E-state index contributed by atoms with van der Waals surface area (Å²) in [6, 6.07) is 15.9. The summed E-state index contributed by atoms with van der Waals surface area (Å²) in [5, 5.41) is 19.5. The molecule has 0 amide bonds. The van der Waals surface area contributed by atoms with Gasteiger partial charge in [-0.05, 0) is 56.5 Å². The van der Waals surface area contributed by atoms with Crippen molar-refractivity contribution in [3.63, 3.8) is 0 Å². The Morgan fingerprint density at radius 2 is 1.72 bits per heavy atom. The molecule has 0 atom stereocenters. The molecule has 25 heavy (non-hydrogen) atoms. The zero-order chi connectivity index (χ0) is 18.7. The third-order valence-corrected chi connectivity index (χ3v) is 4.72. The molecule has 0 aliphatic rings. The van der Waals surface area contributed by atoms with Gasteiger partial charge in [-0.2, -0.15) is 5.26 Å². The van der Waals surface area contributed by atoms with Gasteiger partial charge in [-0.25, -0.2) is 0 Å². The molecule has 0 saturated heterocycles. The number of benzene rings is 2. The highest BCUT2D eigenvalue weighted by Crippen LogP contribution is 2.25. The van der Waals surface area contributed by atoms with Gasteiger partial charge in [0.1, 0.15) is 0 Å². The van der Waals surface area contributed by atoms with Crippen LogP contribution < -0.4 is 11.2 Å². The number of rotatable bonds is 6. The average Bonchev–Trinajstić information content (AvgIpc) is 2.59. The number of nitrogens with zero attached hydrogens (tertiary/aromatic N) is 1. The van der Waals surface area contributed by atoms with Crippen LogP contribution in [0, 0.1) is 11.3 Å². The van der Waals surface area contributed by atoms with Gasteiger partial charge in [0.25, 0.3) is 0 Å². The zero-order valence-electron chi connectivity index (χ0n) is 15.3. The number of hydrogen-bond acceptors (Lipinski definition) is 4. The van der Waals surface area contributed by atoms with E-state index >= 15 is 0 Å². The number of nitriles is 1. The van der Waals surface area contributed by atoms with E-state index in [4.69, 9.17) is 10.4 Å². The van der Waals surface area contributed by atoms with E-state index in [1.54, 1.807) is 13.8 Å². The molecule has 2 rings (SSSR count). The minimum absolute atomic E-state index is 0.320. The van der Waals surface area contributed by atoms with E-state index in [1.807, 2.05) is 56.3 Å². The lowest BCUT2D eigenvalue weighted by Gasteiger charge is -2.37. The molecule has 0 saturated carbocycles. The van der Waals surface area contributed by atoms with Gasteiger partial charge in [0.05, 0.1) is 22.8 Å². The second-order valence-electron chi connectivity index (χ2n) is 7.29. The SMILES string of the molecule is CC(C)(O)C(C)(C)OBc1cc(C#N)cc(-c2ccc(CN)cc2)c1. The largest absolute Gasteiger partial charge is 0.427 e. The topological polar surface area (TPSA) is 79.3 Å². The quantitative estimate of drug-likeness (QED) is 0.793. The van der Waals surface area contributed by atoms with E-state index in [9.17, 15) is 10.4 Å². The Labute approximate surface area is 150 Å². The highest BCUT2D eigenvalue weighted by molar-refractivity contribution is 6.47. The minimum Gasteiger partial charge on any atom is -0.427 e. The van der Waals surface area contributed by atoms with Crippen molar-refractivity contribution in [3.8, 4) is 17.2 Å². The summed E-state index contributed by atoms with van der Waals surface area (Å²) in [4.78, 5) is 0. The fourth-order valence-electron chi connectivity index (χ4n) is 2.28. The van der Waals surface area contributed by atoms with Gasteiger partial charge in [-0.3, -0.25) is 0 Å². The predicted molar refractivity (Wildman–Crippen MR) is 103 cm³/mol. The maximum absolute atomic E-state index is 10.2. The summed E-state index contributed by atoms with van der Waals surface area (Å²) in [5.41, 5.74) is 8.49. The van der Waals surface area contributed by atoms with Crippen molar-refractivity contribution in [3.05, 3.63) is 53.6 Å². The van der Waals surface area contributed by atoms with Crippen LogP contribution >= 0.6 is 0 Å². The molecule has 0 fully saturated rings. The van der Waals surface area contributed by atoms with Gasteiger partial charge in [0.15, 0.2) is 0 Å². The van der Waals surface area contributed by atoms with Crippen LogP contribution in [0.3, 0.4) is 0 Å². The molecule has 2 aromatic rings. The average molecular weight is 336 g/mol. The summed E-state index contributed by atoms with van der Waals surface area (Å²) in [5.74, 6) is 0. The Morgan fingerprint density at radius 3 is 2.24 bits per heavy atom. The Balaban J connectivity index is 2.29. The molecule has 0 spiro atoms. The molecule has 4 nitrogen and oxygen atoms in total. The highest BCUT2D eigenvalue weighted by atomic mass is 16.5. The van der Waals surface area contributed by atoms with Crippen molar-refractivity contribution in [2.75, 3.05) is 0 Å². The molecular formula is C20H25BN2O2. The molecule has 5 heteroatoms. The Hall–Kier alpha value is -2.13. The predicted octanol–water partition coefficient (Wildman–Crippen LogP) is 2.23. The molecular weight excluding hydrogens is 311 g/mol. The molecule has 0 heterocycles. The van der Waals surface area contributed by atoms with Gasteiger partial charge in [-0.15, -0.1) is 0 Å². The van der Waals surface area contributed by atoms with Gasteiger partial charge < -0.3 is 15.5 Å². The van der Waals surface area contributed by atoms with Crippen LogP contribution in [0.5, 0.6) is 0 Å². The first-order valence-corrected chi connectivity index (χ1v) is 8.36. The van der Waals surface area contributed by atoms with Crippen molar-refractivity contribution in [1.29, 1.82) is 5.26 Å². The Morgan fingerprint density at radius 1 is 1.08 bits per heavy atom. The van der Waals surface area contributed by atoms with E-state index < -0.39 is 11.2 Å². The van der Waals surface area contributed by atoms with Crippen molar-refractivity contribution >= 4 is 12.9 Å². The lowest BCUT2D eigenvalue weighted by atomic mass is 9.81. The first-order chi connectivity index (χ1) is 11.7. The molecule has 0 aromatic heterocycles. The molecule has 2 aromatic carbocycles. The van der Waals surface area contributed by atoms with Crippen LogP contribution in [0.2, 0.25) is 0 Å². The molecule has 3 N–H and O–H groups in total. The summed E-state index contributed by atoms with van der Waals surface area (Å²) in [7, 11) is 0.320. The minimum atomic E-state index is -0.972. The lowest BCUT2D eigenvalue weighted by molar-refractivity contribution is -0.0893. The van der Waals surface area contributed by atoms with Gasteiger partial charge >= 0.3 is 7.48 Å². The molecule has 0 bridgehead atoms. The summed E-state index contributed by atoms with van der Waals surface area (Å²) >= 11 is 0. The lowest BCUT2D eigenvalue weighted by Crippen LogP contribution is -2.49. The van der Waals surface area contributed by atoms with E-state index in [0.717, 1.165) is 22.2 Å². The molecule has 0 aliphatic carbocycles. The fourth-order valence-corrected chi connectivity index (χ4v) is 2.28. The Kier molecular flexibility index (Phi) is 5.69. The van der Waals surface area contributed by atoms with Gasteiger partial charge in [0.2, 0.25) is 0 Å². The second kappa shape index (κ2) is 7.41. The van der Waals surface area contributed by atoms with E-state index in [1.165, 1.54) is 0 Å². The second-order valence-corrected chi connectivity index (χ2v) is 7.29. The molecule has 0 aliphatic heterocycles.